The molecule has 0 atom stereocenters. The Morgan fingerprint density at radius 2 is 1.76 bits per heavy atom. The van der Waals surface area contributed by atoms with E-state index in [1.807, 2.05) is 6.07 Å². The first kappa shape index (κ1) is 15.7. The maximum Gasteiger partial charge on any atom is 0.270 e. The van der Waals surface area contributed by atoms with E-state index in [1.54, 1.807) is 12.1 Å². The van der Waals surface area contributed by atoms with Crippen molar-refractivity contribution >= 4 is 43.3 Å². The molecule has 0 fully saturated rings. The molecule has 2 aromatic rings. The van der Waals surface area contributed by atoms with Gasteiger partial charge in [0.05, 0.1) is 13.9 Å². The predicted octanol–water partition coefficient (Wildman–Crippen LogP) is 4.38. The van der Waals surface area contributed by atoms with E-state index in [0.29, 0.717) is 14.7 Å². The summed E-state index contributed by atoms with van der Waals surface area (Å²) in [7, 11) is 0. The monoisotopic (exact) mass is 413 g/mol. The minimum atomic E-state index is -0.540. The minimum absolute atomic E-state index is 0.122. The summed E-state index contributed by atoms with van der Waals surface area (Å²) in [4.78, 5) is 22.2. The van der Waals surface area contributed by atoms with E-state index >= 15 is 0 Å². The van der Waals surface area contributed by atoms with E-state index in [0.717, 1.165) is 0 Å². The van der Waals surface area contributed by atoms with Crippen LogP contribution < -0.4 is 4.74 Å². The maximum atomic E-state index is 12.0. The number of non-ortho nitro benzene ring substituents is 1. The number of carbonyl (C=O) groups excluding carboxylic acids is 1. The lowest BCUT2D eigenvalue weighted by Gasteiger charge is -2.09. The van der Waals surface area contributed by atoms with Crippen LogP contribution in [0.4, 0.5) is 5.69 Å². The molecule has 0 aromatic heterocycles. The summed E-state index contributed by atoms with van der Waals surface area (Å²) in [6.07, 6.45) is 0. The van der Waals surface area contributed by atoms with E-state index in [2.05, 4.69) is 31.9 Å². The Kier molecular flexibility index (Phi) is 5.08. The number of nitro groups is 1. The number of ketones is 1. The molecule has 2 aromatic carbocycles. The molecular formula is C14H9Br2NO4. The number of nitro benzene ring substituents is 1. The summed E-state index contributed by atoms with van der Waals surface area (Å²) in [5.74, 6) is 0.178. The number of nitrogens with zero attached hydrogens (tertiary/aromatic N) is 1. The highest BCUT2D eigenvalue weighted by Crippen LogP contribution is 2.33. The maximum absolute atomic E-state index is 12.0. The number of Topliss-reactive ketones (excluding diaryl/α,β-unsaturated/α-hetero) is 1. The Bertz CT molecular complexity index is 683. The fourth-order valence-corrected chi connectivity index (χ4v) is 2.86. The number of hydrogen-bond acceptors (Lipinski definition) is 4. The Morgan fingerprint density at radius 3 is 2.38 bits per heavy atom. The minimum Gasteiger partial charge on any atom is -0.483 e. The van der Waals surface area contributed by atoms with Gasteiger partial charge in [0.15, 0.2) is 12.4 Å². The Balaban J connectivity index is 2.12. The van der Waals surface area contributed by atoms with Crippen LogP contribution in [0, 0.1) is 10.1 Å². The first-order valence-electron chi connectivity index (χ1n) is 5.83. The summed E-state index contributed by atoms with van der Waals surface area (Å²) in [6, 6.07) is 11.0. The van der Waals surface area contributed by atoms with Gasteiger partial charge in [0.2, 0.25) is 0 Å². The zero-order valence-electron chi connectivity index (χ0n) is 10.6. The van der Waals surface area contributed by atoms with Crippen molar-refractivity contribution in [2.45, 2.75) is 0 Å². The van der Waals surface area contributed by atoms with Gasteiger partial charge < -0.3 is 4.74 Å². The molecule has 0 heterocycles. The van der Waals surface area contributed by atoms with Gasteiger partial charge in [0.1, 0.15) is 5.75 Å². The van der Waals surface area contributed by atoms with Gasteiger partial charge in [-0.05, 0) is 44.0 Å². The Hall–Kier alpha value is -1.73. The Labute approximate surface area is 137 Å². The second kappa shape index (κ2) is 6.82. The molecule has 0 N–H and O–H groups in total. The van der Waals surface area contributed by atoms with Crippen LogP contribution in [0.5, 0.6) is 5.75 Å². The van der Waals surface area contributed by atoms with Gasteiger partial charge >= 0.3 is 0 Å². The van der Waals surface area contributed by atoms with Crippen molar-refractivity contribution in [2.75, 3.05) is 6.61 Å². The van der Waals surface area contributed by atoms with Crippen molar-refractivity contribution < 1.29 is 14.5 Å². The molecule has 0 unspecified atom stereocenters. The summed E-state index contributed by atoms with van der Waals surface area (Å²) in [6.45, 7) is -0.206. The van der Waals surface area contributed by atoms with Crippen molar-refractivity contribution in [3.63, 3.8) is 0 Å². The van der Waals surface area contributed by atoms with Crippen molar-refractivity contribution in [2.24, 2.45) is 0 Å². The summed E-state index contributed by atoms with van der Waals surface area (Å²) in [5.41, 5.74) is 0.121. The Morgan fingerprint density at radius 1 is 1.14 bits per heavy atom. The topological polar surface area (TPSA) is 69.4 Å². The molecule has 0 aliphatic carbocycles. The number of hydrogen-bond donors (Lipinski definition) is 0. The number of benzene rings is 2. The highest BCUT2D eigenvalue weighted by Gasteiger charge is 2.13. The SMILES string of the molecule is O=C(COc1c(Br)cccc1Br)c1cccc([N+](=O)[O-])c1. The molecule has 0 radical (unpaired) electrons. The van der Waals surface area contributed by atoms with Crippen LogP contribution in [0.25, 0.3) is 0 Å². The summed E-state index contributed by atoms with van der Waals surface area (Å²) >= 11 is 6.66. The van der Waals surface area contributed by atoms with Gasteiger partial charge in [-0.1, -0.05) is 18.2 Å². The first-order chi connectivity index (χ1) is 9.99. The van der Waals surface area contributed by atoms with E-state index in [-0.39, 0.29) is 23.6 Å². The molecule has 0 spiro atoms. The second-order valence-electron chi connectivity index (χ2n) is 4.07. The second-order valence-corrected chi connectivity index (χ2v) is 5.78. The quantitative estimate of drug-likeness (QED) is 0.413. The molecule has 0 aliphatic rings. The zero-order chi connectivity index (χ0) is 15.4. The van der Waals surface area contributed by atoms with E-state index in [9.17, 15) is 14.9 Å². The normalized spacial score (nSPS) is 10.2. The molecule has 2 rings (SSSR count). The first-order valence-corrected chi connectivity index (χ1v) is 7.42. The third kappa shape index (κ3) is 3.89. The van der Waals surface area contributed by atoms with Crippen LogP contribution in [0.3, 0.4) is 0 Å². The van der Waals surface area contributed by atoms with Gasteiger partial charge in [-0.15, -0.1) is 0 Å². The van der Waals surface area contributed by atoms with Crippen LogP contribution in [0.15, 0.2) is 51.4 Å². The van der Waals surface area contributed by atoms with Gasteiger partial charge in [-0.3, -0.25) is 14.9 Å². The molecule has 21 heavy (non-hydrogen) atoms. The highest BCUT2D eigenvalue weighted by atomic mass is 79.9. The lowest BCUT2D eigenvalue weighted by Crippen LogP contribution is -2.12. The van der Waals surface area contributed by atoms with Gasteiger partial charge in [-0.25, -0.2) is 0 Å². The van der Waals surface area contributed by atoms with Gasteiger partial charge in [-0.2, -0.15) is 0 Å². The van der Waals surface area contributed by atoms with E-state index in [1.165, 1.54) is 24.3 Å². The van der Waals surface area contributed by atoms with Crippen LogP contribution in [-0.2, 0) is 0 Å². The molecule has 108 valence electrons. The fourth-order valence-electron chi connectivity index (χ4n) is 1.63. The van der Waals surface area contributed by atoms with Gasteiger partial charge in [0.25, 0.3) is 5.69 Å². The van der Waals surface area contributed by atoms with Crippen molar-refractivity contribution in [1.29, 1.82) is 0 Å². The highest BCUT2D eigenvalue weighted by molar-refractivity contribution is 9.11. The standard InChI is InChI=1S/C14H9Br2NO4/c15-11-5-2-6-12(16)14(11)21-8-13(18)9-3-1-4-10(7-9)17(19)20/h1-7H,8H2. The number of para-hydroxylation sites is 1. The fraction of sp³-hybridized carbons (Fsp3) is 0.0714. The predicted molar refractivity (Wildman–Crippen MR) is 84.8 cm³/mol. The molecule has 0 aliphatic heterocycles. The number of rotatable bonds is 5. The largest absolute Gasteiger partial charge is 0.483 e. The molecule has 0 saturated carbocycles. The van der Waals surface area contributed by atoms with Crippen molar-refractivity contribution in [3.05, 3.63) is 67.1 Å². The van der Waals surface area contributed by atoms with Crippen LogP contribution in [-0.4, -0.2) is 17.3 Å². The smallest absolute Gasteiger partial charge is 0.270 e. The zero-order valence-corrected chi connectivity index (χ0v) is 13.8. The molecule has 5 nitrogen and oxygen atoms in total. The molecule has 0 saturated heterocycles. The third-order valence-electron chi connectivity index (χ3n) is 2.65. The van der Waals surface area contributed by atoms with E-state index < -0.39 is 4.92 Å². The molecule has 0 amide bonds. The number of carbonyl (C=O) groups is 1. The van der Waals surface area contributed by atoms with Crippen molar-refractivity contribution in [1.82, 2.24) is 0 Å². The lowest BCUT2D eigenvalue weighted by atomic mass is 10.1. The molecule has 7 heteroatoms. The average Bonchev–Trinajstić information content (AvgIpc) is 2.46. The van der Waals surface area contributed by atoms with Crippen LogP contribution >= 0.6 is 31.9 Å². The third-order valence-corrected chi connectivity index (χ3v) is 3.89. The number of halogens is 2. The van der Waals surface area contributed by atoms with E-state index in [4.69, 9.17) is 4.74 Å². The van der Waals surface area contributed by atoms with Crippen LogP contribution in [0.2, 0.25) is 0 Å². The summed E-state index contributed by atoms with van der Waals surface area (Å²) < 4.78 is 6.89. The van der Waals surface area contributed by atoms with Gasteiger partial charge in [0, 0.05) is 17.7 Å². The molecule has 0 bridgehead atoms. The lowest BCUT2D eigenvalue weighted by molar-refractivity contribution is -0.384. The van der Waals surface area contributed by atoms with Crippen molar-refractivity contribution in [3.8, 4) is 5.75 Å². The molecular weight excluding hydrogens is 406 g/mol. The average molecular weight is 415 g/mol. The van der Waals surface area contributed by atoms with Crippen LogP contribution in [0.1, 0.15) is 10.4 Å². The number of ether oxygens (including phenoxy) is 1. The summed E-state index contributed by atoms with van der Waals surface area (Å²) in [5, 5.41) is 10.7.